The number of halogens is 4. The zero-order valence-corrected chi connectivity index (χ0v) is 26.2. The Morgan fingerprint density at radius 3 is 2.31 bits per heavy atom. The molecule has 6 rings (SSSR count). The number of benzene rings is 3. The van der Waals surface area contributed by atoms with E-state index in [0.717, 1.165) is 22.5 Å². The van der Waals surface area contributed by atoms with Gasteiger partial charge in [-0.15, -0.1) is 0 Å². The van der Waals surface area contributed by atoms with E-state index in [2.05, 4.69) is 0 Å². The summed E-state index contributed by atoms with van der Waals surface area (Å²) in [5.41, 5.74) is 0.735. The summed E-state index contributed by atoms with van der Waals surface area (Å²) in [5.74, 6) is -3.82. The molecule has 0 unspecified atom stereocenters. The number of aliphatic carboxylic acids is 1. The van der Waals surface area contributed by atoms with Crippen LogP contribution in [-0.2, 0) is 24.3 Å². The van der Waals surface area contributed by atoms with E-state index in [0.29, 0.717) is 46.9 Å². The highest BCUT2D eigenvalue weighted by atomic mass is 35.5. The van der Waals surface area contributed by atoms with Gasteiger partial charge in [0.1, 0.15) is 23.8 Å². The average Bonchev–Trinajstić information content (AvgIpc) is 3.90. The maximum Gasteiger partial charge on any atom is 0.306 e. The Labute approximate surface area is 269 Å². The number of carboxylic acid groups (broad SMARTS) is 1. The van der Waals surface area contributed by atoms with E-state index >= 15 is 4.39 Å². The third-order valence-electron chi connectivity index (χ3n) is 8.48. The van der Waals surface area contributed by atoms with Crippen LogP contribution in [0.2, 0.25) is 10.0 Å². The third-order valence-corrected chi connectivity index (χ3v) is 11.2. The van der Waals surface area contributed by atoms with Crippen molar-refractivity contribution in [2.75, 3.05) is 10.8 Å². The lowest BCUT2D eigenvalue weighted by Gasteiger charge is -2.49. The van der Waals surface area contributed by atoms with Gasteiger partial charge in [0.05, 0.1) is 36.0 Å². The molecule has 3 aliphatic rings. The van der Waals surface area contributed by atoms with Crippen LogP contribution in [0.4, 0.5) is 14.5 Å². The molecule has 45 heavy (non-hydrogen) atoms. The van der Waals surface area contributed by atoms with Crippen LogP contribution in [-0.4, -0.2) is 54.2 Å². The number of anilines is 1. The molecule has 1 N–H and O–H groups in total. The molecule has 0 aromatic heterocycles. The summed E-state index contributed by atoms with van der Waals surface area (Å²) >= 11 is 12.6. The first-order valence-corrected chi connectivity index (χ1v) is 16.9. The SMILES string of the molecule is O=C(O)C[C@@H]1O[C@H](c2cccc(Cl)c2)[C@@H](c2ccc(Cl)cc2)N([C@H](CN(c2cc(F)ccc2F)S(=O)(=O)C2CC2)C2CC2)C1=O. The number of morpholine rings is 1. The Morgan fingerprint density at radius 1 is 0.978 bits per heavy atom. The standard InChI is InChI=1S/C32H30Cl2F2N2O6S/c33-21-8-6-19(7-9-21)30-31(20-2-1-3-22(34)14-20)44-28(16-29(39)40)32(41)38(30)27(18-4-5-18)17-37(45(42,43)24-11-12-24)26-15-23(35)10-13-25(26)36/h1-3,6-10,13-15,18,24,27-28,30-31H,4-5,11-12,16-17H2,(H,39,40)/t27-,28+,30-,31-/m1/s1. The largest absolute Gasteiger partial charge is 0.481 e. The Balaban J connectivity index is 1.51. The van der Waals surface area contributed by atoms with Gasteiger partial charge in [0.2, 0.25) is 10.0 Å². The Hall–Kier alpha value is -3.25. The minimum Gasteiger partial charge on any atom is -0.481 e. The Morgan fingerprint density at radius 2 is 1.69 bits per heavy atom. The summed E-state index contributed by atoms with van der Waals surface area (Å²) in [5, 5.41) is 9.80. The molecule has 1 heterocycles. The van der Waals surface area contributed by atoms with Gasteiger partial charge in [-0.1, -0.05) is 47.5 Å². The molecule has 13 heteroatoms. The number of ether oxygens (including phenoxy) is 1. The van der Waals surface area contributed by atoms with E-state index in [1.807, 2.05) is 0 Å². The molecule has 3 aromatic carbocycles. The van der Waals surface area contributed by atoms with Gasteiger partial charge in [-0.3, -0.25) is 13.9 Å². The quantitative estimate of drug-likeness (QED) is 0.247. The van der Waals surface area contributed by atoms with Crippen molar-refractivity contribution in [3.8, 4) is 0 Å². The monoisotopic (exact) mass is 678 g/mol. The van der Waals surface area contributed by atoms with Crippen molar-refractivity contribution in [1.29, 1.82) is 0 Å². The second-order valence-electron chi connectivity index (χ2n) is 11.7. The molecule has 1 aliphatic heterocycles. The van der Waals surface area contributed by atoms with Crippen LogP contribution in [0.15, 0.2) is 66.7 Å². The van der Waals surface area contributed by atoms with Crippen molar-refractivity contribution in [2.45, 2.75) is 61.6 Å². The fourth-order valence-corrected chi connectivity index (χ4v) is 8.23. The smallest absolute Gasteiger partial charge is 0.306 e. The number of hydrogen-bond acceptors (Lipinski definition) is 5. The molecule has 238 valence electrons. The van der Waals surface area contributed by atoms with Gasteiger partial charge in [-0.2, -0.15) is 0 Å². The van der Waals surface area contributed by atoms with Crippen LogP contribution in [0.1, 0.15) is 55.4 Å². The van der Waals surface area contributed by atoms with E-state index in [-0.39, 0.29) is 12.5 Å². The molecule has 4 atom stereocenters. The van der Waals surface area contributed by atoms with Crippen molar-refractivity contribution in [2.24, 2.45) is 5.92 Å². The molecule has 3 aromatic rings. The van der Waals surface area contributed by atoms with Crippen LogP contribution in [0.3, 0.4) is 0 Å². The summed E-state index contributed by atoms with van der Waals surface area (Å²) in [6.45, 7) is -0.359. The van der Waals surface area contributed by atoms with Crippen molar-refractivity contribution in [3.05, 3.63) is 99.5 Å². The number of rotatable bonds is 11. The molecular weight excluding hydrogens is 649 g/mol. The first-order valence-electron chi connectivity index (χ1n) is 14.6. The minimum atomic E-state index is -4.14. The van der Waals surface area contributed by atoms with Crippen LogP contribution in [0, 0.1) is 17.6 Å². The maximum atomic E-state index is 15.3. The summed E-state index contributed by atoms with van der Waals surface area (Å²) in [6, 6.07) is 14.5. The van der Waals surface area contributed by atoms with Crippen LogP contribution in [0.25, 0.3) is 0 Å². The molecule has 3 fully saturated rings. The average molecular weight is 680 g/mol. The molecule has 1 saturated heterocycles. The first kappa shape index (κ1) is 31.7. The predicted molar refractivity (Wildman–Crippen MR) is 165 cm³/mol. The summed E-state index contributed by atoms with van der Waals surface area (Å²) in [4.78, 5) is 27.8. The van der Waals surface area contributed by atoms with E-state index in [4.69, 9.17) is 27.9 Å². The van der Waals surface area contributed by atoms with Gasteiger partial charge in [0, 0.05) is 16.1 Å². The number of amides is 1. The van der Waals surface area contributed by atoms with Gasteiger partial charge in [0.25, 0.3) is 5.91 Å². The van der Waals surface area contributed by atoms with E-state index in [1.165, 1.54) is 4.90 Å². The minimum absolute atomic E-state index is 0.194. The lowest BCUT2D eigenvalue weighted by Crippen LogP contribution is -2.59. The zero-order valence-electron chi connectivity index (χ0n) is 23.9. The van der Waals surface area contributed by atoms with E-state index in [9.17, 15) is 27.5 Å². The number of sulfonamides is 1. The van der Waals surface area contributed by atoms with Crippen LogP contribution in [0.5, 0.6) is 0 Å². The number of carboxylic acids is 1. The van der Waals surface area contributed by atoms with Crippen molar-refractivity contribution < 1.29 is 36.6 Å². The fourth-order valence-electron chi connectivity index (χ4n) is 6.04. The van der Waals surface area contributed by atoms with Crippen LogP contribution < -0.4 is 4.31 Å². The topological polar surface area (TPSA) is 104 Å². The molecule has 2 saturated carbocycles. The molecule has 1 amide bonds. The lowest BCUT2D eigenvalue weighted by atomic mass is 9.89. The predicted octanol–water partition coefficient (Wildman–Crippen LogP) is 6.53. The van der Waals surface area contributed by atoms with Gasteiger partial charge >= 0.3 is 5.97 Å². The van der Waals surface area contributed by atoms with Gasteiger partial charge in [-0.05, 0) is 79.1 Å². The molecule has 8 nitrogen and oxygen atoms in total. The molecular formula is C32H30Cl2F2N2O6S. The molecule has 2 aliphatic carbocycles. The van der Waals surface area contributed by atoms with E-state index < -0.39 is 75.2 Å². The summed E-state index contributed by atoms with van der Waals surface area (Å²) in [7, 11) is -4.14. The second-order valence-corrected chi connectivity index (χ2v) is 14.7. The number of carbonyl (C=O) groups is 2. The van der Waals surface area contributed by atoms with E-state index in [1.54, 1.807) is 48.5 Å². The molecule has 0 spiro atoms. The lowest BCUT2D eigenvalue weighted by molar-refractivity contribution is -0.183. The normalized spacial score (nSPS) is 22.7. The number of carbonyl (C=O) groups excluding carboxylic acids is 1. The van der Waals surface area contributed by atoms with Crippen LogP contribution >= 0.6 is 23.2 Å². The maximum absolute atomic E-state index is 15.3. The zero-order chi connectivity index (χ0) is 32.0. The fraction of sp³-hybridized carbons (Fsp3) is 0.375. The third kappa shape index (κ3) is 6.67. The van der Waals surface area contributed by atoms with Gasteiger partial charge in [-0.25, -0.2) is 17.2 Å². The number of nitrogens with zero attached hydrogens (tertiary/aromatic N) is 2. The first-order chi connectivity index (χ1) is 21.4. The van der Waals surface area contributed by atoms with Gasteiger partial charge in [0.15, 0.2) is 0 Å². The van der Waals surface area contributed by atoms with Crippen molar-refractivity contribution in [1.82, 2.24) is 4.90 Å². The highest BCUT2D eigenvalue weighted by molar-refractivity contribution is 7.93. The highest BCUT2D eigenvalue weighted by Gasteiger charge is 2.52. The second kappa shape index (κ2) is 12.5. The van der Waals surface area contributed by atoms with Gasteiger partial charge < -0.3 is 14.7 Å². The van der Waals surface area contributed by atoms with Crippen molar-refractivity contribution in [3.63, 3.8) is 0 Å². The highest BCUT2D eigenvalue weighted by Crippen LogP contribution is 2.49. The van der Waals surface area contributed by atoms with Crippen molar-refractivity contribution >= 4 is 50.8 Å². The Kier molecular flexibility index (Phi) is 8.82. The molecule has 0 bridgehead atoms. The number of hydrogen-bond donors (Lipinski definition) is 1. The summed E-state index contributed by atoms with van der Waals surface area (Å²) < 4.78 is 64.5. The summed E-state index contributed by atoms with van der Waals surface area (Å²) in [6.07, 6.45) is -0.895. The Bertz CT molecular complexity index is 1720. The molecule has 0 radical (unpaired) electrons.